The number of hydrogen-bond acceptors (Lipinski definition) is 5. The SMILES string of the molecule is Cn1cc(S(=O)(=O)N2CCOCC2)cc1C(=O)N1CCn2c1nc1ccccc12. The van der Waals surface area contributed by atoms with Crippen LogP contribution < -0.4 is 4.90 Å². The van der Waals surface area contributed by atoms with Crippen molar-refractivity contribution in [2.75, 3.05) is 37.7 Å². The van der Waals surface area contributed by atoms with Gasteiger partial charge in [-0.3, -0.25) is 9.69 Å². The number of sulfonamides is 1. The Morgan fingerprint density at radius 1 is 1.10 bits per heavy atom. The number of nitrogens with zero attached hydrogens (tertiary/aromatic N) is 5. The number of morpholine rings is 1. The van der Waals surface area contributed by atoms with Gasteiger partial charge in [0, 0.05) is 39.4 Å². The van der Waals surface area contributed by atoms with E-state index in [2.05, 4.69) is 4.98 Å². The molecule has 152 valence electrons. The maximum Gasteiger partial charge on any atom is 0.277 e. The van der Waals surface area contributed by atoms with Crippen molar-refractivity contribution in [3.63, 3.8) is 0 Å². The van der Waals surface area contributed by atoms with E-state index in [-0.39, 0.29) is 10.8 Å². The summed E-state index contributed by atoms with van der Waals surface area (Å²) in [6, 6.07) is 9.21. The van der Waals surface area contributed by atoms with Crippen molar-refractivity contribution >= 4 is 32.9 Å². The number of hydrogen-bond donors (Lipinski definition) is 0. The van der Waals surface area contributed by atoms with Crippen LogP contribution in [0.4, 0.5) is 5.95 Å². The molecule has 0 bridgehead atoms. The molecule has 29 heavy (non-hydrogen) atoms. The van der Waals surface area contributed by atoms with Crippen LogP contribution in [-0.2, 0) is 28.4 Å². The van der Waals surface area contributed by atoms with E-state index in [1.165, 1.54) is 16.6 Å². The highest BCUT2D eigenvalue weighted by atomic mass is 32.2. The Morgan fingerprint density at radius 2 is 1.86 bits per heavy atom. The van der Waals surface area contributed by atoms with Crippen LogP contribution in [0.5, 0.6) is 0 Å². The minimum atomic E-state index is -3.66. The van der Waals surface area contributed by atoms with Crippen molar-refractivity contribution in [1.82, 2.24) is 18.4 Å². The smallest absolute Gasteiger partial charge is 0.277 e. The maximum absolute atomic E-state index is 13.2. The zero-order valence-electron chi connectivity index (χ0n) is 16.0. The molecule has 1 aromatic carbocycles. The van der Waals surface area contributed by atoms with Crippen LogP contribution in [0.2, 0.25) is 0 Å². The summed E-state index contributed by atoms with van der Waals surface area (Å²) in [6.45, 7) is 2.55. The lowest BCUT2D eigenvalue weighted by molar-refractivity contribution is 0.0730. The molecule has 0 saturated carbocycles. The van der Waals surface area contributed by atoms with Gasteiger partial charge in [-0.1, -0.05) is 12.1 Å². The molecule has 0 radical (unpaired) electrons. The van der Waals surface area contributed by atoms with Gasteiger partial charge in [0.15, 0.2) is 0 Å². The van der Waals surface area contributed by atoms with E-state index in [1.807, 2.05) is 28.8 Å². The van der Waals surface area contributed by atoms with Crippen LogP contribution >= 0.6 is 0 Å². The van der Waals surface area contributed by atoms with Crippen molar-refractivity contribution < 1.29 is 17.9 Å². The maximum atomic E-state index is 13.2. The summed E-state index contributed by atoms with van der Waals surface area (Å²) in [7, 11) is -1.98. The number of aryl methyl sites for hydroxylation is 1. The molecule has 4 heterocycles. The van der Waals surface area contributed by atoms with E-state index >= 15 is 0 Å². The summed E-state index contributed by atoms with van der Waals surface area (Å²) in [5.41, 5.74) is 2.14. The van der Waals surface area contributed by atoms with E-state index in [0.29, 0.717) is 51.0 Å². The van der Waals surface area contributed by atoms with Gasteiger partial charge < -0.3 is 13.9 Å². The van der Waals surface area contributed by atoms with Crippen LogP contribution in [0.25, 0.3) is 11.0 Å². The average molecular weight is 415 g/mol. The fraction of sp³-hybridized carbons (Fsp3) is 0.368. The Balaban J connectivity index is 1.48. The van der Waals surface area contributed by atoms with Gasteiger partial charge in [0.1, 0.15) is 10.6 Å². The molecule has 0 N–H and O–H groups in total. The van der Waals surface area contributed by atoms with Crippen LogP contribution in [0.3, 0.4) is 0 Å². The Labute approximate surface area is 168 Å². The van der Waals surface area contributed by atoms with E-state index in [9.17, 15) is 13.2 Å². The largest absolute Gasteiger partial charge is 0.379 e. The number of benzene rings is 1. The van der Waals surface area contributed by atoms with Gasteiger partial charge in [0.05, 0.1) is 24.2 Å². The number of carbonyl (C=O) groups excluding carboxylic acids is 1. The number of para-hydroxylation sites is 2. The zero-order valence-corrected chi connectivity index (χ0v) is 16.8. The highest BCUT2D eigenvalue weighted by Crippen LogP contribution is 2.29. The highest BCUT2D eigenvalue weighted by Gasteiger charge is 2.33. The second-order valence-corrected chi connectivity index (χ2v) is 9.14. The van der Waals surface area contributed by atoms with Crippen LogP contribution in [0.1, 0.15) is 10.5 Å². The van der Waals surface area contributed by atoms with Gasteiger partial charge in [0.25, 0.3) is 5.91 Å². The van der Waals surface area contributed by atoms with Crippen molar-refractivity contribution in [2.24, 2.45) is 7.05 Å². The second kappa shape index (κ2) is 6.68. The van der Waals surface area contributed by atoms with E-state index in [1.54, 1.807) is 16.5 Å². The summed E-state index contributed by atoms with van der Waals surface area (Å²) in [5, 5.41) is 0. The molecular weight excluding hydrogens is 394 g/mol. The summed E-state index contributed by atoms with van der Waals surface area (Å²) in [6.07, 6.45) is 1.50. The molecule has 1 amide bonds. The average Bonchev–Trinajstić information content (AvgIpc) is 3.41. The molecule has 0 atom stereocenters. The normalized spacial score (nSPS) is 17.8. The third-order valence-electron chi connectivity index (χ3n) is 5.47. The van der Waals surface area contributed by atoms with E-state index in [4.69, 9.17) is 4.74 Å². The highest BCUT2D eigenvalue weighted by molar-refractivity contribution is 7.89. The molecule has 1 fully saturated rings. The molecule has 0 spiro atoms. The molecule has 2 aliphatic heterocycles. The topological polar surface area (TPSA) is 89.7 Å². The van der Waals surface area contributed by atoms with Gasteiger partial charge in [-0.15, -0.1) is 0 Å². The summed E-state index contributed by atoms with van der Waals surface area (Å²) in [5.74, 6) is 0.333. The van der Waals surface area contributed by atoms with Crippen LogP contribution in [-0.4, -0.2) is 65.6 Å². The number of carbonyl (C=O) groups is 1. The Morgan fingerprint density at radius 3 is 2.66 bits per heavy atom. The van der Waals surface area contributed by atoms with Gasteiger partial charge in [-0.05, 0) is 18.2 Å². The number of imidazole rings is 1. The Kier molecular flexibility index (Phi) is 4.23. The first-order valence-corrected chi connectivity index (χ1v) is 10.9. The van der Waals surface area contributed by atoms with Gasteiger partial charge in [-0.2, -0.15) is 4.31 Å². The third kappa shape index (κ3) is 2.86. The number of rotatable bonds is 3. The molecule has 0 aliphatic carbocycles. The first-order valence-electron chi connectivity index (χ1n) is 9.48. The van der Waals surface area contributed by atoms with E-state index in [0.717, 1.165) is 11.0 Å². The van der Waals surface area contributed by atoms with Crippen LogP contribution in [0, 0.1) is 0 Å². The first-order chi connectivity index (χ1) is 14.0. The fourth-order valence-electron chi connectivity index (χ4n) is 3.94. The number of ether oxygens (including phenoxy) is 1. The number of fused-ring (bicyclic) bond motifs is 3. The third-order valence-corrected chi connectivity index (χ3v) is 7.34. The lowest BCUT2D eigenvalue weighted by atomic mass is 10.3. The van der Waals surface area contributed by atoms with Gasteiger partial charge >= 0.3 is 0 Å². The van der Waals surface area contributed by atoms with Crippen molar-refractivity contribution in [3.05, 3.63) is 42.2 Å². The van der Waals surface area contributed by atoms with Crippen molar-refractivity contribution in [2.45, 2.75) is 11.4 Å². The Bertz CT molecular complexity index is 1210. The summed E-state index contributed by atoms with van der Waals surface area (Å²) in [4.78, 5) is 19.6. The van der Waals surface area contributed by atoms with Gasteiger partial charge in [-0.25, -0.2) is 13.4 Å². The monoisotopic (exact) mass is 415 g/mol. The zero-order chi connectivity index (χ0) is 20.2. The number of aromatic nitrogens is 3. The Hall–Kier alpha value is -2.69. The van der Waals surface area contributed by atoms with Crippen molar-refractivity contribution in [3.8, 4) is 0 Å². The molecule has 5 rings (SSSR count). The molecule has 3 aromatic rings. The molecule has 10 heteroatoms. The minimum absolute atomic E-state index is 0.123. The fourth-order valence-corrected chi connectivity index (χ4v) is 5.42. The lowest BCUT2D eigenvalue weighted by Crippen LogP contribution is -2.40. The molecule has 9 nitrogen and oxygen atoms in total. The quantitative estimate of drug-likeness (QED) is 0.638. The first kappa shape index (κ1) is 18.3. The number of anilines is 1. The lowest BCUT2D eigenvalue weighted by Gasteiger charge is -2.25. The predicted octanol–water partition coefficient (Wildman–Crippen LogP) is 1.06. The molecule has 0 unspecified atom stereocenters. The molecule has 1 saturated heterocycles. The van der Waals surface area contributed by atoms with E-state index < -0.39 is 10.0 Å². The minimum Gasteiger partial charge on any atom is -0.379 e. The molecule has 2 aliphatic rings. The number of amides is 1. The second-order valence-electron chi connectivity index (χ2n) is 7.20. The standard InChI is InChI=1S/C19H21N5O4S/c1-21-13-14(29(26,27)22-8-10-28-11-9-22)12-17(21)18(25)24-7-6-23-16-5-3-2-4-15(16)20-19(23)24/h2-5,12-13H,6-11H2,1H3. The summed E-state index contributed by atoms with van der Waals surface area (Å²) < 4.78 is 36.1. The molecular formula is C19H21N5O4S. The summed E-state index contributed by atoms with van der Waals surface area (Å²) >= 11 is 0. The van der Waals surface area contributed by atoms with Crippen LogP contribution in [0.15, 0.2) is 41.4 Å². The van der Waals surface area contributed by atoms with Crippen molar-refractivity contribution in [1.29, 1.82) is 0 Å². The van der Waals surface area contributed by atoms with Gasteiger partial charge in [0.2, 0.25) is 16.0 Å². The predicted molar refractivity (Wildman–Crippen MR) is 106 cm³/mol. The molecule has 2 aromatic heterocycles.